The number of aromatic nitrogens is 3. The first-order chi connectivity index (χ1) is 17.5. The van der Waals surface area contributed by atoms with Crippen molar-refractivity contribution in [1.82, 2.24) is 14.6 Å². The summed E-state index contributed by atoms with van der Waals surface area (Å²) >= 11 is 1.12. The molecule has 0 fully saturated rings. The van der Waals surface area contributed by atoms with Crippen molar-refractivity contribution in [1.29, 1.82) is 0 Å². The van der Waals surface area contributed by atoms with Gasteiger partial charge in [0.1, 0.15) is 16.1 Å². The van der Waals surface area contributed by atoms with E-state index in [2.05, 4.69) is 10.1 Å². The zero-order valence-electron chi connectivity index (χ0n) is 19.1. The molecule has 6 rings (SSSR count). The second-order valence-electron chi connectivity index (χ2n) is 8.20. The summed E-state index contributed by atoms with van der Waals surface area (Å²) in [5.74, 6) is 0.412. The Kier molecular flexibility index (Phi) is 5.34. The van der Waals surface area contributed by atoms with Crippen LogP contribution in [0, 0.1) is 5.82 Å². The van der Waals surface area contributed by atoms with E-state index in [1.165, 1.54) is 15.5 Å². The SMILES string of the molecule is CCOc1ccc(-c2nc3s/c(=C4\C(=O)N(Cc5ccccc5F)c5ccccc54)c(=O)n3n2)cc1. The van der Waals surface area contributed by atoms with Crippen molar-refractivity contribution in [2.45, 2.75) is 13.5 Å². The maximum Gasteiger partial charge on any atom is 0.291 e. The fourth-order valence-electron chi connectivity index (χ4n) is 4.33. The van der Waals surface area contributed by atoms with E-state index in [9.17, 15) is 14.0 Å². The average Bonchev–Trinajstić information content (AvgIpc) is 3.52. The minimum atomic E-state index is -0.411. The maximum atomic E-state index is 14.3. The molecule has 1 aliphatic heterocycles. The maximum absolute atomic E-state index is 14.3. The number of carbonyl (C=O) groups is 1. The summed E-state index contributed by atoms with van der Waals surface area (Å²) in [6, 6.07) is 20.9. The first-order valence-electron chi connectivity index (χ1n) is 11.4. The van der Waals surface area contributed by atoms with Gasteiger partial charge in [0.15, 0.2) is 5.82 Å². The Morgan fingerprint density at radius 3 is 2.47 bits per heavy atom. The van der Waals surface area contributed by atoms with Gasteiger partial charge < -0.3 is 9.64 Å². The summed E-state index contributed by atoms with van der Waals surface area (Å²) in [4.78, 5) is 33.4. The molecule has 0 atom stereocenters. The normalized spacial score (nSPS) is 14.5. The molecule has 5 aromatic rings. The predicted octanol–water partition coefficient (Wildman–Crippen LogP) is 3.82. The zero-order valence-corrected chi connectivity index (χ0v) is 20.0. The molecule has 2 aromatic heterocycles. The number of ether oxygens (including phenoxy) is 1. The van der Waals surface area contributed by atoms with Gasteiger partial charge in [0.2, 0.25) is 4.96 Å². The molecule has 0 saturated heterocycles. The number of halogens is 1. The number of fused-ring (bicyclic) bond motifs is 2. The molecule has 0 bridgehead atoms. The average molecular weight is 499 g/mol. The van der Waals surface area contributed by atoms with Crippen LogP contribution >= 0.6 is 11.3 Å². The number of amides is 1. The van der Waals surface area contributed by atoms with Gasteiger partial charge in [-0.25, -0.2) is 4.39 Å². The number of carbonyl (C=O) groups excluding carboxylic acids is 1. The summed E-state index contributed by atoms with van der Waals surface area (Å²) in [7, 11) is 0. The first-order valence-corrected chi connectivity index (χ1v) is 12.2. The lowest BCUT2D eigenvalue weighted by Gasteiger charge is -2.17. The lowest BCUT2D eigenvalue weighted by atomic mass is 10.1. The van der Waals surface area contributed by atoms with Gasteiger partial charge in [-0.2, -0.15) is 9.50 Å². The van der Waals surface area contributed by atoms with Gasteiger partial charge in [-0.15, -0.1) is 5.10 Å². The van der Waals surface area contributed by atoms with Crippen LogP contribution in [0.2, 0.25) is 0 Å². The van der Waals surface area contributed by atoms with E-state index < -0.39 is 5.56 Å². The quantitative estimate of drug-likeness (QED) is 0.368. The predicted molar refractivity (Wildman–Crippen MR) is 135 cm³/mol. The lowest BCUT2D eigenvalue weighted by Crippen LogP contribution is -2.32. The Labute approximate surface area is 208 Å². The van der Waals surface area contributed by atoms with Crippen molar-refractivity contribution in [2.75, 3.05) is 11.5 Å². The third-order valence-corrected chi connectivity index (χ3v) is 7.05. The van der Waals surface area contributed by atoms with Gasteiger partial charge in [0.05, 0.1) is 24.4 Å². The summed E-state index contributed by atoms with van der Waals surface area (Å²) < 4.78 is 21.3. The second-order valence-corrected chi connectivity index (χ2v) is 9.18. The molecule has 0 saturated carbocycles. The highest BCUT2D eigenvalue weighted by atomic mass is 32.1. The molecule has 1 amide bonds. The molecule has 0 N–H and O–H groups in total. The van der Waals surface area contributed by atoms with Gasteiger partial charge in [0.25, 0.3) is 11.5 Å². The molecule has 7 nitrogen and oxygen atoms in total. The van der Waals surface area contributed by atoms with Crippen LogP contribution in [0.1, 0.15) is 18.1 Å². The standard InChI is InChI=1S/C27H19FN4O3S/c1-2-35-18-13-11-16(12-14-18)24-29-27-32(30-24)26(34)23(36-27)22-19-8-4-6-10-21(19)31(25(22)33)15-17-7-3-5-9-20(17)28/h3-14H,2,15H2,1H3/b23-22-. The van der Waals surface area contributed by atoms with Crippen molar-refractivity contribution in [2.24, 2.45) is 0 Å². The van der Waals surface area contributed by atoms with Crippen LogP contribution in [0.15, 0.2) is 77.6 Å². The molecule has 0 unspecified atom stereocenters. The summed E-state index contributed by atoms with van der Waals surface area (Å²) in [6.45, 7) is 2.54. The molecule has 178 valence electrons. The van der Waals surface area contributed by atoms with Gasteiger partial charge in [-0.1, -0.05) is 47.7 Å². The van der Waals surface area contributed by atoms with Gasteiger partial charge in [-0.3, -0.25) is 9.59 Å². The van der Waals surface area contributed by atoms with Crippen LogP contribution in [0.25, 0.3) is 21.9 Å². The molecule has 1 aliphatic rings. The van der Waals surface area contributed by atoms with Crippen LogP contribution in [0.5, 0.6) is 5.75 Å². The zero-order chi connectivity index (χ0) is 24.8. The fourth-order valence-corrected chi connectivity index (χ4v) is 5.33. The second kappa shape index (κ2) is 8.69. The molecular formula is C27H19FN4O3S. The lowest BCUT2D eigenvalue weighted by molar-refractivity contribution is -0.113. The van der Waals surface area contributed by atoms with Crippen LogP contribution in [0.4, 0.5) is 10.1 Å². The number of hydrogen-bond donors (Lipinski definition) is 0. The van der Waals surface area contributed by atoms with E-state index in [1.54, 1.807) is 30.3 Å². The molecular weight excluding hydrogens is 479 g/mol. The summed E-state index contributed by atoms with van der Waals surface area (Å²) in [5.41, 5.74) is 2.28. The van der Waals surface area contributed by atoms with E-state index in [-0.39, 0.29) is 28.4 Å². The van der Waals surface area contributed by atoms with Crippen molar-refractivity contribution >= 4 is 33.5 Å². The third-order valence-electron chi connectivity index (χ3n) is 6.02. The Morgan fingerprint density at radius 1 is 0.972 bits per heavy atom. The van der Waals surface area contributed by atoms with E-state index >= 15 is 0 Å². The number of anilines is 1. The molecule has 3 aromatic carbocycles. The molecule has 0 radical (unpaired) electrons. The number of thiazole rings is 1. The van der Waals surface area contributed by atoms with Crippen LogP contribution in [-0.2, 0) is 11.3 Å². The molecule has 9 heteroatoms. The Hall–Kier alpha value is -4.37. The number of nitrogens with zero attached hydrogens (tertiary/aromatic N) is 4. The van der Waals surface area contributed by atoms with Crippen molar-refractivity contribution in [3.05, 3.63) is 105 Å². The fraction of sp³-hybridized carbons (Fsp3) is 0.111. The summed E-state index contributed by atoms with van der Waals surface area (Å²) in [5, 5.41) is 4.40. The topological polar surface area (TPSA) is 76.8 Å². The molecule has 0 spiro atoms. The number of para-hydroxylation sites is 1. The van der Waals surface area contributed by atoms with Gasteiger partial charge >= 0.3 is 0 Å². The largest absolute Gasteiger partial charge is 0.494 e. The highest BCUT2D eigenvalue weighted by Gasteiger charge is 2.34. The minimum Gasteiger partial charge on any atom is -0.494 e. The number of rotatable bonds is 5. The number of hydrogen-bond acceptors (Lipinski definition) is 6. The Morgan fingerprint density at radius 2 is 1.72 bits per heavy atom. The highest BCUT2D eigenvalue weighted by molar-refractivity contribution is 7.15. The third kappa shape index (κ3) is 3.56. The van der Waals surface area contributed by atoms with Crippen LogP contribution < -0.4 is 19.7 Å². The Bertz CT molecular complexity index is 1740. The van der Waals surface area contributed by atoms with Crippen molar-refractivity contribution < 1.29 is 13.9 Å². The van der Waals surface area contributed by atoms with E-state index in [0.717, 1.165) is 22.6 Å². The monoisotopic (exact) mass is 498 g/mol. The van der Waals surface area contributed by atoms with Crippen molar-refractivity contribution in [3.63, 3.8) is 0 Å². The van der Waals surface area contributed by atoms with E-state index in [1.807, 2.05) is 43.3 Å². The molecule has 3 heterocycles. The minimum absolute atomic E-state index is 0.0584. The van der Waals surface area contributed by atoms with E-state index in [0.29, 0.717) is 34.2 Å². The van der Waals surface area contributed by atoms with Crippen LogP contribution in [0.3, 0.4) is 0 Å². The summed E-state index contributed by atoms with van der Waals surface area (Å²) in [6.07, 6.45) is 0. The smallest absolute Gasteiger partial charge is 0.291 e. The van der Waals surface area contributed by atoms with Crippen LogP contribution in [-0.4, -0.2) is 27.1 Å². The first kappa shape index (κ1) is 22.1. The number of benzene rings is 3. The highest BCUT2D eigenvalue weighted by Crippen LogP contribution is 2.36. The van der Waals surface area contributed by atoms with Gasteiger partial charge in [0, 0.05) is 16.7 Å². The van der Waals surface area contributed by atoms with Gasteiger partial charge in [-0.05, 0) is 43.3 Å². The molecule has 0 aliphatic carbocycles. The Balaban J connectivity index is 1.44. The van der Waals surface area contributed by atoms with Crippen molar-refractivity contribution in [3.8, 4) is 17.1 Å². The van der Waals surface area contributed by atoms with E-state index in [4.69, 9.17) is 4.74 Å². The molecule has 36 heavy (non-hydrogen) atoms.